The number of nitrogens with one attached hydrogen (secondary N) is 1. The molecule has 3 unspecified atom stereocenters. The van der Waals surface area contributed by atoms with Gasteiger partial charge >= 0.3 is 5.97 Å². The van der Waals surface area contributed by atoms with E-state index in [0.29, 0.717) is 25.2 Å². The van der Waals surface area contributed by atoms with E-state index >= 15 is 0 Å². The number of fused-ring (bicyclic) bond motifs is 1. The van der Waals surface area contributed by atoms with Crippen LogP contribution in [-0.4, -0.2) is 57.1 Å². The number of anilines is 1. The molecule has 4 rings (SSSR count). The number of aliphatic hydroxyl groups is 2. The molecule has 3 N–H and O–H groups in total. The van der Waals surface area contributed by atoms with Gasteiger partial charge in [0.25, 0.3) is 0 Å². The van der Waals surface area contributed by atoms with Crippen LogP contribution in [0.1, 0.15) is 64.5 Å². The number of aliphatic hydroxyl groups excluding tert-OH is 2. The summed E-state index contributed by atoms with van der Waals surface area (Å²) in [5, 5.41) is 28.7. The third kappa shape index (κ3) is 5.08. The fourth-order valence-electron chi connectivity index (χ4n) is 4.94. The normalized spacial score (nSPS) is 25.3. The van der Waals surface area contributed by atoms with Crippen LogP contribution in [-0.2, 0) is 16.6 Å². The number of esters is 1. The predicted octanol–water partition coefficient (Wildman–Crippen LogP) is 2.63. The fourth-order valence-corrected chi connectivity index (χ4v) is 4.94. The van der Waals surface area contributed by atoms with Gasteiger partial charge < -0.3 is 19.8 Å². The summed E-state index contributed by atoms with van der Waals surface area (Å²) in [6.07, 6.45) is 2.24. The maximum absolute atomic E-state index is 12.2. The summed E-state index contributed by atoms with van der Waals surface area (Å²) in [6, 6.07) is 6.38. The largest absolute Gasteiger partial charge is 0.460 e. The lowest BCUT2D eigenvalue weighted by Gasteiger charge is -2.34. The van der Waals surface area contributed by atoms with Gasteiger partial charge in [-0.25, -0.2) is 0 Å². The number of nitrogens with zero attached hydrogens (tertiary/aromatic N) is 3. The fraction of sp³-hybridized carbons (Fsp3) is 0.667. The van der Waals surface area contributed by atoms with E-state index in [9.17, 15) is 15.0 Å². The lowest BCUT2D eigenvalue weighted by Crippen LogP contribution is -2.46. The molecule has 32 heavy (non-hydrogen) atoms. The Morgan fingerprint density at radius 2 is 1.91 bits per heavy atom. The SMILES string of the molecule is Cn1nc(C2CCC(O)NC2O)c2ccc(N3CCC(CC(=O)OC(C)(C)C)CC3)cc21. The maximum atomic E-state index is 12.2. The van der Waals surface area contributed by atoms with Gasteiger partial charge in [0.1, 0.15) is 18.1 Å². The summed E-state index contributed by atoms with van der Waals surface area (Å²) < 4.78 is 7.36. The van der Waals surface area contributed by atoms with Crippen LogP contribution in [0.25, 0.3) is 10.9 Å². The first kappa shape index (κ1) is 23.0. The molecule has 2 fully saturated rings. The highest BCUT2D eigenvalue weighted by molar-refractivity contribution is 5.86. The molecule has 2 aliphatic rings. The van der Waals surface area contributed by atoms with E-state index in [-0.39, 0.29) is 11.9 Å². The Balaban J connectivity index is 1.43. The van der Waals surface area contributed by atoms with Crippen molar-refractivity contribution in [3.05, 3.63) is 23.9 Å². The minimum absolute atomic E-state index is 0.105. The van der Waals surface area contributed by atoms with Gasteiger partial charge in [0.2, 0.25) is 0 Å². The van der Waals surface area contributed by atoms with Gasteiger partial charge in [0.15, 0.2) is 0 Å². The van der Waals surface area contributed by atoms with Crippen LogP contribution >= 0.6 is 0 Å². The van der Waals surface area contributed by atoms with Crippen LogP contribution in [0.3, 0.4) is 0 Å². The summed E-state index contributed by atoms with van der Waals surface area (Å²) >= 11 is 0. The Bertz CT molecular complexity index is 959. The Morgan fingerprint density at radius 1 is 1.19 bits per heavy atom. The molecule has 2 aliphatic heterocycles. The zero-order chi connectivity index (χ0) is 23.0. The van der Waals surface area contributed by atoms with Crippen molar-refractivity contribution in [2.24, 2.45) is 13.0 Å². The van der Waals surface area contributed by atoms with Crippen molar-refractivity contribution in [2.75, 3.05) is 18.0 Å². The van der Waals surface area contributed by atoms with E-state index in [0.717, 1.165) is 48.2 Å². The highest BCUT2D eigenvalue weighted by atomic mass is 16.6. The first-order valence-corrected chi connectivity index (χ1v) is 11.7. The summed E-state index contributed by atoms with van der Waals surface area (Å²) in [7, 11) is 1.93. The van der Waals surface area contributed by atoms with E-state index < -0.39 is 18.1 Å². The molecule has 3 atom stereocenters. The molecule has 176 valence electrons. The van der Waals surface area contributed by atoms with Crippen molar-refractivity contribution in [3.63, 3.8) is 0 Å². The summed E-state index contributed by atoms with van der Waals surface area (Å²) in [5.41, 5.74) is 2.63. The van der Waals surface area contributed by atoms with Gasteiger partial charge in [-0.2, -0.15) is 5.10 Å². The molecule has 0 bridgehead atoms. The van der Waals surface area contributed by atoms with Crippen molar-refractivity contribution in [1.29, 1.82) is 0 Å². The van der Waals surface area contributed by atoms with Crippen LogP contribution < -0.4 is 10.2 Å². The number of hydrogen-bond acceptors (Lipinski definition) is 7. The topological polar surface area (TPSA) is 99.9 Å². The molecule has 1 aromatic carbocycles. The van der Waals surface area contributed by atoms with Crippen LogP contribution in [0.5, 0.6) is 0 Å². The molecule has 8 heteroatoms. The average molecular weight is 445 g/mol. The lowest BCUT2D eigenvalue weighted by atomic mass is 9.91. The van der Waals surface area contributed by atoms with E-state index in [1.54, 1.807) is 0 Å². The number of piperidine rings is 2. The van der Waals surface area contributed by atoms with Crippen molar-refractivity contribution in [1.82, 2.24) is 15.1 Å². The van der Waals surface area contributed by atoms with Crippen LogP contribution in [0, 0.1) is 5.92 Å². The Labute approximate surface area is 189 Å². The molecule has 0 amide bonds. The smallest absolute Gasteiger partial charge is 0.306 e. The highest BCUT2D eigenvalue weighted by Crippen LogP contribution is 2.35. The maximum Gasteiger partial charge on any atom is 0.306 e. The van der Waals surface area contributed by atoms with Crippen LogP contribution in [0.2, 0.25) is 0 Å². The molecular weight excluding hydrogens is 408 g/mol. The number of carbonyl (C=O) groups excluding carboxylic acids is 1. The van der Waals surface area contributed by atoms with E-state index in [4.69, 9.17) is 9.84 Å². The second-order valence-electron chi connectivity index (χ2n) is 10.2. The Hall–Kier alpha value is -2.16. The van der Waals surface area contributed by atoms with Gasteiger partial charge in [-0.15, -0.1) is 0 Å². The molecule has 2 aromatic rings. The van der Waals surface area contributed by atoms with Crippen molar-refractivity contribution in [2.45, 2.75) is 76.9 Å². The molecule has 0 aliphatic carbocycles. The second-order valence-corrected chi connectivity index (χ2v) is 10.2. The minimum atomic E-state index is -0.805. The zero-order valence-electron chi connectivity index (χ0n) is 19.5. The molecular formula is C24H36N4O4. The molecule has 1 aromatic heterocycles. The zero-order valence-corrected chi connectivity index (χ0v) is 19.5. The molecule has 0 saturated carbocycles. The lowest BCUT2D eigenvalue weighted by molar-refractivity contribution is -0.156. The monoisotopic (exact) mass is 444 g/mol. The van der Waals surface area contributed by atoms with Gasteiger partial charge in [0, 0.05) is 43.5 Å². The van der Waals surface area contributed by atoms with Gasteiger partial charge in [-0.3, -0.25) is 14.8 Å². The van der Waals surface area contributed by atoms with Crippen LogP contribution in [0.4, 0.5) is 5.69 Å². The van der Waals surface area contributed by atoms with Gasteiger partial charge in [-0.05, 0) is 70.6 Å². The number of aryl methyl sites for hydroxylation is 1. The molecule has 3 heterocycles. The molecule has 0 radical (unpaired) electrons. The van der Waals surface area contributed by atoms with Crippen molar-refractivity contribution >= 4 is 22.6 Å². The van der Waals surface area contributed by atoms with Gasteiger partial charge in [0.05, 0.1) is 11.2 Å². The number of hydrogen-bond donors (Lipinski definition) is 3. The molecule has 8 nitrogen and oxygen atoms in total. The van der Waals surface area contributed by atoms with E-state index in [2.05, 4.69) is 28.4 Å². The van der Waals surface area contributed by atoms with E-state index in [1.165, 1.54) is 0 Å². The van der Waals surface area contributed by atoms with Crippen molar-refractivity contribution in [3.8, 4) is 0 Å². The number of carbonyl (C=O) groups is 1. The number of rotatable bonds is 4. The average Bonchev–Trinajstić information content (AvgIpc) is 3.03. The second kappa shape index (κ2) is 9.00. The third-order valence-electron chi connectivity index (χ3n) is 6.57. The Morgan fingerprint density at radius 3 is 2.56 bits per heavy atom. The summed E-state index contributed by atoms with van der Waals surface area (Å²) in [4.78, 5) is 14.5. The first-order chi connectivity index (χ1) is 15.1. The Kier molecular flexibility index (Phi) is 6.47. The first-order valence-electron chi connectivity index (χ1n) is 11.7. The number of benzene rings is 1. The minimum Gasteiger partial charge on any atom is -0.460 e. The number of ether oxygens (including phenoxy) is 1. The summed E-state index contributed by atoms with van der Waals surface area (Å²) in [5.74, 6) is 0.118. The standard InChI is InChI=1S/C24H36N4O4/c1-24(2,3)32-21(30)13-15-9-11-28(12-10-15)16-5-6-17-19(14-16)27(4)26-22(17)18-7-8-20(29)25-23(18)31/h5-6,14-15,18,20,23,25,29,31H,7-13H2,1-4H3. The third-order valence-corrected chi connectivity index (χ3v) is 6.57. The quantitative estimate of drug-likeness (QED) is 0.624. The molecule has 0 spiro atoms. The van der Waals surface area contributed by atoms with E-state index in [1.807, 2.05) is 32.5 Å². The van der Waals surface area contributed by atoms with Gasteiger partial charge in [-0.1, -0.05) is 0 Å². The highest BCUT2D eigenvalue weighted by Gasteiger charge is 2.32. The van der Waals surface area contributed by atoms with Crippen molar-refractivity contribution < 1.29 is 19.7 Å². The van der Waals surface area contributed by atoms with Crippen LogP contribution in [0.15, 0.2) is 18.2 Å². The predicted molar refractivity (Wildman–Crippen MR) is 123 cm³/mol. The number of aromatic nitrogens is 2. The summed E-state index contributed by atoms with van der Waals surface area (Å²) in [6.45, 7) is 7.53. The molecule has 2 saturated heterocycles.